The molecule has 0 spiro atoms. The number of ether oxygens (including phenoxy) is 2. The first kappa shape index (κ1) is 16.9. The molecule has 3 rings (SSSR count). The van der Waals surface area contributed by atoms with Crippen molar-refractivity contribution < 1.29 is 23.5 Å². The van der Waals surface area contributed by atoms with E-state index in [1.165, 1.54) is 6.26 Å². The molecule has 7 heteroatoms. The molecule has 1 aromatic carbocycles. The minimum Gasteiger partial charge on any atom is -0.486 e. The second kappa shape index (κ2) is 8.23. The van der Waals surface area contributed by atoms with Gasteiger partial charge in [-0.1, -0.05) is 12.1 Å². The monoisotopic (exact) mass is 344 g/mol. The molecule has 1 aliphatic rings. The van der Waals surface area contributed by atoms with Gasteiger partial charge in [0.15, 0.2) is 17.3 Å². The highest BCUT2D eigenvalue weighted by Gasteiger charge is 2.20. The van der Waals surface area contributed by atoms with Crippen molar-refractivity contribution in [3.8, 4) is 11.5 Å². The van der Waals surface area contributed by atoms with E-state index in [4.69, 9.17) is 13.9 Å². The molecule has 0 radical (unpaired) electrons. The number of carbonyl (C=O) groups is 2. The Bertz CT molecular complexity index is 714. The lowest BCUT2D eigenvalue weighted by Crippen LogP contribution is -2.40. The zero-order valence-corrected chi connectivity index (χ0v) is 13.7. The quantitative estimate of drug-likeness (QED) is 0.747. The standard InChI is InChI=1S/C18H20N2O5/c21-17(8-3-9-19-18(22)16-7-4-10-23-16)20-11-13-12-24-14-5-1-2-6-15(14)25-13/h1-2,4-7,10,13H,3,8-9,11-12H2,(H,19,22)(H,20,21). The van der Waals surface area contributed by atoms with Gasteiger partial charge < -0.3 is 24.5 Å². The van der Waals surface area contributed by atoms with Crippen LogP contribution in [0.1, 0.15) is 23.4 Å². The molecule has 0 saturated heterocycles. The van der Waals surface area contributed by atoms with Crippen LogP contribution in [0.25, 0.3) is 0 Å². The van der Waals surface area contributed by atoms with Gasteiger partial charge in [-0.15, -0.1) is 0 Å². The minimum absolute atomic E-state index is 0.0882. The molecule has 0 bridgehead atoms. The van der Waals surface area contributed by atoms with E-state index in [2.05, 4.69) is 10.6 Å². The molecule has 132 valence electrons. The Morgan fingerprint density at radius 1 is 1.08 bits per heavy atom. The Morgan fingerprint density at radius 2 is 1.92 bits per heavy atom. The molecule has 1 aliphatic heterocycles. The van der Waals surface area contributed by atoms with E-state index in [-0.39, 0.29) is 23.7 Å². The zero-order chi connectivity index (χ0) is 17.5. The van der Waals surface area contributed by atoms with Crippen LogP contribution in [0.15, 0.2) is 47.1 Å². The van der Waals surface area contributed by atoms with Crippen LogP contribution < -0.4 is 20.1 Å². The average molecular weight is 344 g/mol. The van der Waals surface area contributed by atoms with Crippen molar-refractivity contribution in [2.75, 3.05) is 19.7 Å². The topological polar surface area (TPSA) is 89.8 Å². The molecular weight excluding hydrogens is 324 g/mol. The van der Waals surface area contributed by atoms with Crippen molar-refractivity contribution >= 4 is 11.8 Å². The summed E-state index contributed by atoms with van der Waals surface area (Å²) in [5.41, 5.74) is 0. The third-order valence-corrected chi connectivity index (χ3v) is 3.71. The largest absolute Gasteiger partial charge is 0.486 e. The second-order valence-electron chi connectivity index (χ2n) is 5.64. The molecule has 2 amide bonds. The fourth-order valence-corrected chi connectivity index (χ4v) is 2.43. The van der Waals surface area contributed by atoms with Crippen LogP contribution in [0.4, 0.5) is 0 Å². The summed E-state index contributed by atoms with van der Waals surface area (Å²) >= 11 is 0. The highest BCUT2D eigenvalue weighted by atomic mass is 16.6. The van der Waals surface area contributed by atoms with Crippen molar-refractivity contribution in [3.63, 3.8) is 0 Å². The van der Waals surface area contributed by atoms with Gasteiger partial charge in [0.1, 0.15) is 12.7 Å². The molecule has 25 heavy (non-hydrogen) atoms. The Kier molecular flexibility index (Phi) is 5.56. The number of carbonyl (C=O) groups excluding carboxylic acids is 2. The van der Waals surface area contributed by atoms with Crippen LogP contribution in [-0.2, 0) is 4.79 Å². The summed E-state index contributed by atoms with van der Waals surface area (Å²) in [6.45, 7) is 1.19. The van der Waals surface area contributed by atoms with E-state index in [1.54, 1.807) is 12.1 Å². The molecule has 1 unspecified atom stereocenters. The summed E-state index contributed by atoms with van der Waals surface area (Å²) in [7, 11) is 0. The predicted octanol–water partition coefficient (Wildman–Crippen LogP) is 1.75. The number of nitrogens with one attached hydrogen (secondary N) is 2. The maximum Gasteiger partial charge on any atom is 0.286 e. The number of fused-ring (bicyclic) bond motifs is 1. The Hall–Kier alpha value is -2.96. The molecule has 2 aromatic rings. The van der Waals surface area contributed by atoms with Gasteiger partial charge in [-0.2, -0.15) is 0 Å². The van der Waals surface area contributed by atoms with E-state index in [1.807, 2.05) is 24.3 Å². The lowest BCUT2D eigenvalue weighted by atomic mass is 10.2. The van der Waals surface area contributed by atoms with Gasteiger partial charge in [0.25, 0.3) is 5.91 Å². The van der Waals surface area contributed by atoms with Crippen LogP contribution >= 0.6 is 0 Å². The van der Waals surface area contributed by atoms with Crippen molar-refractivity contribution in [1.82, 2.24) is 10.6 Å². The molecule has 0 aliphatic carbocycles. The highest BCUT2D eigenvalue weighted by molar-refractivity contribution is 5.91. The summed E-state index contributed by atoms with van der Waals surface area (Å²) in [5.74, 6) is 1.30. The van der Waals surface area contributed by atoms with Crippen molar-refractivity contribution in [1.29, 1.82) is 0 Å². The number of para-hydroxylation sites is 2. The summed E-state index contributed by atoms with van der Waals surface area (Å²) < 4.78 is 16.4. The predicted molar refractivity (Wildman–Crippen MR) is 89.6 cm³/mol. The van der Waals surface area contributed by atoms with Gasteiger partial charge in [-0.3, -0.25) is 9.59 Å². The lowest BCUT2D eigenvalue weighted by molar-refractivity contribution is -0.121. The summed E-state index contributed by atoms with van der Waals surface area (Å²) in [4.78, 5) is 23.5. The van der Waals surface area contributed by atoms with Crippen molar-refractivity contribution in [3.05, 3.63) is 48.4 Å². The maximum absolute atomic E-state index is 11.9. The van der Waals surface area contributed by atoms with E-state index in [9.17, 15) is 9.59 Å². The first-order chi connectivity index (χ1) is 12.2. The lowest BCUT2D eigenvalue weighted by Gasteiger charge is -2.26. The number of furan rings is 1. The Labute approximate surface area is 145 Å². The highest BCUT2D eigenvalue weighted by Crippen LogP contribution is 2.30. The number of hydrogen-bond donors (Lipinski definition) is 2. The van der Waals surface area contributed by atoms with Crippen LogP contribution in [0, 0.1) is 0 Å². The minimum atomic E-state index is -0.281. The molecular formula is C18H20N2O5. The molecule has 1 aromatic heterocycles. The van der Waals surface area contributed by atoms with E-state index < -0.39 is 0 Å². The summed E-state index contributed by atoms with van der Waals surface area (Å²) in [6.07, 6.45) is 2.10. The fraction of sp³-hybridized carbons (Fsp3) is 0.333. The molecule has 0 fully saturated rings. The van der Waals surface area contributed by atoms with Crippen LogP contribution in [0.5, 0.6) is 11.5 Å². The summed E-state index contributed by atoms with van der Waals surface area (Å²) in [6, 6.07) is 10.7. The van der Waals surface area contributed by atoms with Gasteiger partial charge in [-0.25, -0.2) is 0 Å². The number of hydrogen-bond acceptors (Lipinski definition) is 5. The maximum atomic E-state index is 11.9. The SMILES string of the molecule is O=C(CCCNC(=O)c1ccco1)NCC1COc2ccccc2O1. The first-order valence-electron chi connectivity index (χ1n) is 8.19. The van der Waals surface area contributed by atoms with Gasteiger partial charge in [0, 0.05) is 13.0 Å². The van der Waals surface area contributed by atoms with Gasteiger partial charge >= 0.3 is 0 Å². The van der Waals surface area contributed by atoms with E-state index >= 15 is 0 Å². The summed E-state index contributed by atoms with van der Waals surface area (Å²) in [5, 5.41) is 5.52. The third-order valence-electron chi connectivity index (χ3n) is 3.71. The third kappa shape index (κ3) is 4.76. The van der Waals surface area contributed by atoms with E-state index in [0.29, 0.717) is 38.3 Å². The Balaban J connectivity index is 1.30. The normalized spacial score (nSPS) is 15.4. The van der Waals surface area contributed by atoms with Crippen molar-refractivity contribution in [2.24, 2.45) is 0 Å². The number of rotatable bonds is 7. The smallest absolute Gasteiger partial charge is 0.286 e. The van der Waals surface area contributed by atoms with Gasteiger partial charge in [-0.05, 0) is 30.7 Å². The number of benzene rings is 1. The zero-order valence-electron chi connectivity index (χ0n) is 13.7. The van der Waals surface area contributed by atoms with Crippen molar-refractivity contribution in [2.45, 2.75) is 18.9 Å². The van der Waals surface area contributed by atoms with E-state index in [0.717, 1.165) is 5.75 Å². The fourth-order valence-electron chi connectivity index (χ4n) is 2.43. The number of amides is 2. The van der Waals surface area contributed by atoms with Gasteiger partial charge in [0.05, 0.1) is 12.8 Å². The van der Waals surface area contributed by atoms with Crippen LogP contribution in [-0.4, -0.2) is 37.6 Å². The molecule has 2 N–H and O–H groups in total. The molecule has 1 atom stereocenters. The molecule has 7 nitrogen and oxygen atoms in total. The second-order valence-corrected chi connectivity index (χ2v) is 5.64. The Morgan fingerprint density at radius 3 is 2.72 bits per heavy atom. The van der Waals surface area contributed by atoms with Crippen LogP contribution in [0.3, 0.4) is 0 Å². The van der Waals surface area contributed by atoms with Crippen LogP contribution in [0.2, 0.25) is 0 Å². The average Bonchev–Trinajstić information content (AvgIpc) is 3.18. The molecule has 0 saturated carbocycles. The van der Waals surface area contributed by atoms with Gasteiger partial charge in [0.2, 0.25) is 5.91 Å². The first-order valence-corrected chi connectivity index (χ1v) is 8.19. The molecule has 2 heterocycles.